The predicted octanol–water partition coefficient (Wildman–Crippen LogP) is 8.61. The predicted molar refractivity (Wildman–Crippen MR) is 164 cm³/mol. The number of aromatic nitrogens is 1. The van der Waals surface area contributed by atoms with Crippen LogP contribution in [0, 0.1) is 12.8 Å². The van der Waals surface area contributed by atoms with Gasteiger partial charge in [-0.25, -0.2) is 0 Å². The van der Waals surface area contributed by atoms with Crippen molar-refractivity contribution in [3.05, 3.63) is 119 Å². The van der Waals surface area contributed by atoms with E-state index in [-0.39, 0.29) is 11.6 Å². The van der Waals surface area contributed by atoms with Gasteiger partial charge in [-0.15, -0.1) is 0 Å². The van der Waals surface area contributed by atoms with Gasteiger partial charge >= 0.3 is 0 Å². The Morgan fingerprint density at radius 2 is 1.57 bits per heavy atom. The van der Waals surface area contributed by atoms with Crippen molar-refractivity contribution < 1.29 is 9.59 Å². The molecule has 5 aromatic rings. The molecule has 0 aliphatic heterocycles. The summed E-state index contributed by atoms with van der Waals surface area (Å²) in [6, 6.07) is 30.9. The number of hydrogen-bond donors (Lipinski definition) is 0. The Balaban J connectivity index is 1.61. The van der Waals surface area contributed by atoms with E-state index in [1.165, 1.54) is 18.4 Å². The van der Waals surface area contributed by atoms with Gasteiger partial charge in [0.15, 0.2) is 5.78 Å². The van der Waals surface area contributed by atoms with Crippen LogP contribution in [0.25, 0.3) is 21.8 Å². The van der Waals surface area contributed by atoms with Crippen LogP contribution in [0.2, 0.25) is 0 Å². The highest BCUT2D eigenvalue weighted by Crippen LogP contribution is 2.48. The van der Waals surface area contributed by atoms with E-state index in [9.17, 15) is 9.59 Å². The molecule has 0 bridgehead atoms. The van der Waals surface area contributed by atoms with Crippen LogP contribution >= 0.6 is 0 Å². The van der Waals surface area contributed by atoms with Gasteiger partial charge in [-0.3, -0.25) is 9.59 Å². The second-order valence-electron chi connectivity index (χ2n) is 11.5. The Bertz CT molecular complexity index is 1720. The van der Waals surface area contributed by atoms with Crippen molar-refractivity contribution in [2.45, 2.75) is 64.8 Å². The Morgan fingerprint density at radius 3 is 2.27 bits per heavy atom. The first-order valence-electron chi connectivity index (χ1n) is 14.7. The van der Waals surface area contributed by atoms with Gasteiger partial charge in [-0.1, -0.05) is 85.6 Å². The molecular formula is C37H37NO2. The number of aryl methyl sites for hydroxylation is 2. The summed E-state index contributed by atoms with van der Waals surface area (Å²) < 4.78 is 2.36. The van der Waals surface area contributed by atoms with Gasteiger partial charge in [0.05, 0.1) is 10.9 Å². The number of nitrogens with zero attached hydrogens (tertiary/aromatic N) is 1. The highest BCUT2D eigenvalue weighted by atomic mass is 16.1. The molecule has 1 aromatic heterocycles. The fourth-order valence-electron chi connectivity index (χ4n) is 7.37. The van der Waals surface area contributed by atoms with Crippen molar-refractivity contribution in [2.24, 2.45) is 5.92 Å². The van der Waals surface area contributed by atoms with Crippen LogP contribution in [0.15, 0.2) is 91.0 Å². The number of carbonyl (C=O) groups is 2. The summed E-state index contributed by atoms with van der Waals surface area (Å²) in [5.41, 5.74) is 6.40. The molecule has 40 heavy (non-hydrogen) atoms. The molecule has 0 saturated heterocycles. The molecule has 0 spiro atoms. The molecule has 1 saturated carbocycles. The van der Waals surface area contributed by atoms with Gasteiger partial charge in [0.2, 0.25) is 0 Å². The molecule has 0 N–H and O–H groups in total. The van der Waals surface area contributed by atoms with E-state index in [0.717, 1.165) is 57.9 Å². The summed E-state index contributed by atoms with van der Waals surface area (Å²) >= 11 is 0. The van der Waals surface area contributed by atoms with E-state index < -0.39 is 5.41 Å². The fourth-order valence-corrected chi connectivity index (χ4v) is 7.37. The lowest BCUT2D eigenvalue weighted by molar-refractivity contribution is -0.124. The number of Topliss-reactive ketones (excluding diaryl/α,β-unsaturated/α-hetero) is 1. The van der Waals surface area contributed by atoms with E-state index in [2.05, 4.69) is 66.1 Å². The smallest absolute Gasteiger partial charge is 0.193 e. The lowest BCUT2D eigenvalue weighted by Crippen LogP contribution is -2.43. The van der Waals surface area contributed by atoms with Crippen LogP contribution in [-0.4, -0.2) is 16.1 Å². The van der Waals surface area contributed by atoms with Crippen LogP contribution in [0.1, 0.15) is 72.1 Å². The third kappa shape index (κ3) is 4.20. The summed E-state index contributed by atoms with van der Waals surface area (Å²) in [5.74, 6) is 0.595. The van der Waals surface area contributed by atoms with Gasteiger partial charge in [0, 0.05) is 34.0 Å². The van der Waals surface area contributed by atoms with Gasteiger partial charge in [-0.2, -0.15) is 0 Å². The first-order valence-corrected chi connectivity index (χ1v) is 14.7. The largest absolute Gasteiger partial charge is 0.341 e. The maximum absolute atomic E-state index is 14.0. The van der Waals surface area contributed by atoms with Crippen molar-refractivity contribution in [1.29, 1.82) is 0 Å². The van der Waals surface area contributed by atoms with Crippen LogP contribution in [-0.2, 0) is 23.2 Å². The first kappa shape index (κ1) is 26.3. The van der Waals surface area contributed by atoms with Crippen molar-refractivity contribution in [3.8, 4) is 0 Å². The number of hydrogen-bond acceptors (Lipinski definition) is 2. The van der Waals surface area contributed by atoms with Crippen molar-refractivity contribution in [1.82, 2.24) is 4.57 Å². The van der Waals surface area contributed by atoms with E-state index in [1.807, 2.05) is 43.3 Å². The number of rotatable bonds is 8. The molecule has 1 heterocycles. The Kier molecular flexibility index (Phi) is 6.92. The zero-order valence-electron chi connectivity index (χ0n) is 23.7. The van der Waals surface area contributed by atoms with Gasteiger partial charge in [0.25, 0.3) is 0 Å². The Morgan fingerprint density at radius 1 is 0.850 bits per heavy atom. The Labute approximate surface area is 236 Å². The molecule has 3 nitrogen and oxygen atoms in total. The minimum Gasteiger partial charge on any atom is -0.341 e. The average Bonchev–Trinajstić information content (AvgIpc) is 3.63. The second-order valence-corrected chi connectivity index (χ2v) is 11.5. The topological polar surface area (TPSA) is 39.1 Å². The fraction of sp³-hybridized carbons (Fsp3) is 0.297. The maximum Gasteiger partial charge on any atom is 0.193 e. The molecule has 0 radical (unpaired) electrons. The summed E-state index contributed by atoms with van der Waals surface area (Å²) in [4.78, 5) is 27.6. The molecule has 1 aliphatic rings. The normalized spacial score (nSPS) is 15.5. The lowest BCUT2D eigenvalue weighted by atomic mass is 9.63. The molecule has 1 unspecified atom stereocenters. The van der Waals surface area contributed by atoms with Crippen LogP contribution in [0.3, 0.4) is 0 Å². The zero-order chi connectivity index (χ0) is 27.9. The van der Waals surface area contributed by atoms with Crippen molar-refractivity contribution in [2.75, 3.05) is 0 Å². The summed E-state index contributed by atoms with van der Waals surface area (Å²) in [6.45, 7) is 6.74. The second kappa shape index (κ2) is 10.5. The molecule has 3 heteroatoms. The molecular weight excluding hydrogens is 490 g/mol. The SMILES string of the molecule is CCn1c2ccc(C(=O)c3ccccc3C)cc2c2cccc(C(Cc3ccccc3)(C(C)=O)C3CCCC3)c21. The zero-order valence-corrected chi connectivity index (χ0v) is 23.7. The van der Waals surface area contributed by atoms with Crippen LogP contribution < -0.4 is 0 Å². The van der Waals surface area contributed by atoms with Crippen LogP contribution in [0.5, 0.6) is 0 Å². The van der Waals surface area contributed by atoms with E-state index in [1.54, 1.807) is 6.92 Å². The standard InChI is InChI=1S/C37H37NO2/c1-4-38-34-22-21-28(36(40)30-18-11-8-13-25(30)2)23-32(34)31-19-12-20-33(35(31)38)37(26(3)39,29-16-9-10-17-29)24-27-14-6-5-7-15-27/h5-8,11-15,18-23,29H,4,9-10,16-17,24H2,1-3H3. The number of para-hydroxylation sites is 1. The molecule has 6 rings (SSSR count). The van der Waals surface area contributed by atoms with Gasteiger partial charge in [-0.05, 0) is 80.8 Å². The lowest BCUT2D eigenvalue weighted by Gasteiger charge is -2.39. The summed E-state index contributed by atoms with van der Waals surface area (Å²) in [6.07, 6.45) is 5.20. The number of ketones is 2. The minimum absolute atomic E-state index is 0.0432. The highest BCUT2D eigenvalue weighted by molar-refractivity contribution is 6.16. The minimum atomic E-state index is -0.599. The summed E-state index contributed by atoms with van der Waals surface area (Å²) in [7, 11) is 0. The Hall–Kier alpha value is -3.98. The van der Waals surface area contributed by atoms with E-state index in [4.69, 9.17) is 0 Å². The van der Waals surface area contributed by atoms with E-state index >= 15 is 0 Å². The van der Waals surface area contributed by atoms with E-state index in [0.29, 0.717) is 17.9 Å². The number of benzene rings is 4. The third-order valence-corrected chi connectivity index (χ3v) is 9.34. The maximum atomic E-state index is 14.0. The first-order chi connectivity index (χ1) is 19.5. The average molecular weight is 528 g/mol. The molecule has 1 aliphatic carbocycles. The highest BCUT2D eigenvalue weighted by Gasteiger charge is 2.47. The van der Waals surface area contributed by atoms with Gasteiger partial charge < -0.3 is 4.57 Å². The molecule has 202 valence electrons. The molecule has 4 aromatic carbocycles. The molecule has 1 atom stereocenters. The van der Waals surface area contributed by atoms with Crippen molar-refractivity contribution in [3.63, 3.8) is 0 Å². The van der Waals surface area contributed by atoms with Crippen molar-refractivity contribution >= 4 is 33.4 Å². The monoisotopic (exact) mass is 527 g/mol. The van der Waals surface area contributed by atoms with Gasteiger partial charge in [0.1, 0.15) is 5.78 Å². The number of carbonyl (C=O) groups excluding carboxylic acids is 2. The summed E-state index contributed by atoms with van der Waals surface area (Å²) in [5, 5.41) is 2.19. The molecule has 1 fully saturated rings. The number of fused-ring (bicyclic) bond motifs is 3. The quantitative estimate of drug-likeness (QED) is 0.190. The van der Waals surface area contributed by atoms with Crippen LogP contribution in [0.4, 0.5) is 0 Å². The third-order valence-electron chi connectivity index (χ3n) is 9.34. The molecule has 0 amide bonds.